The molecular weight excluding hydrogens is 837 g/mol. The third-order valence-corrected chi connectivity index (χ3v) is 12.8. The van der Waals surface area contributed by atoms with Crippen molar-refractivity contribution in [1.29, 1.82) is 5.26 Å². The minimum absolute atomic E-state index is 0.00726. The second-order valence-electron chi connectivity index (χ2n) is 17.1. The number of aromatic nitrogens is 1. The highest BCUT2D eigenvalue weighted by atomic mass is 16.7. The molecule has 6 atom stereocenters. The zero-order valence-corrected chi connectivity index (χ0v) is 37.8. The fourth-order valence-corrected chi connectivity index (χ4v) is 9.92. The van der Waals surface area contributed by atoms with Gasteiger partial charge in [-0.15, -0.1) is 6.58 Å². The van der Waals surface area contributed by atoms with Gasteiger partial charge < -0.3 is 44.0 Å². The molecule has 1 saturated carbocycles. The van der Waals surface area contributed by atoms with Gasteiger partial charge in [0.2, 0.25) is 5.79 Å². The number of nitriles is 1. The lowest BCUT2D eigenvalue weighted by Gasteiger charge is -2.60. The molecule has 2 aliphatic carbocycles. The third kappa shape index (κ3) is 11.2. The van der Waals surface area contributed by atoms with Crippen molar-refractivity contribution < 1.29 is 43.9 Å². The molecule has 4 aromatic rings. The Hall–Kier alpha value is -5.88. The minimum atomic E-state index is -1.51. The molecule has 0 unspecified atom stereocenters. The monoisotopic (exact) mass is 898 g/mol. The van der Waals surface area contributed by atoms with Gasteiger partial charge in [-0.25, -0.2) is 0 Å². The maximum absolute atomic E-state index is 15.1. The number of rotatable bonds is 24. The van der Waals surface area contributed by atoms with Gasteiger partial charge in [0.15, 0.2) is 0 Å². The summed E-state index contributed by atoms with van der Waals surface area (Å²) in [7, 11) is 0. The van der Waals surface area contributed by atoms with Crippen molar-refractivity contribution >= 4 is 11.6 Å². The number of aliphatic hydroxyl groups is 3. The summed E-state index contributed by atoms with van der Waals surface area (Å²) >= 11 is 0. The zero-order valence-electron chi connectivity index (χ0n) is 37.8. The number of aryl methyl sites for hydroxylation is 1. The molecule has 0 bridgehead atoms. The van der Waals surface area contributed by atoms with Crippen LogP contribution < -0.4 is 9.47 Å². The van der Waals surface area contributed by atoms with Crippen LogP contribution in [0.25, 0.3) is 0 Å². The van der Waals surface area contributed by atoms with Crippen molar-refractivity contribution in [1.82, 2.24) is 9.88 Å². The van der Waals surface area contributed by atoms with E-state index in [-0.39, 0.29) is 89.5 Å². The van der Waals surface area contributed by atoms with Gasteiger partial charge in [0.25, 0.3) is 5.91 Å². The van der Waals surface area contributed by atoms with Gasteiger partial charge >= 0.3 is 0 Å². The number of oxime groups is 1. The Morgan fingerprint density at radius 2 is 1.74 bits per heavy atom. The van der Waals surface area contributed by atoms with Crippen LogP contribution in [0.1, 0.15) is 89.3 Å². The van der Waals surface area contributed by atoms with E-state index in [1.807, 2.05) is 67.6 Å². The Kier molecular flexibility index (Phi) is 17.1. The number of hydrogen-bond acceptors (Lipinski definition) is 12. The smallest absolute Gasteiger partial charge is 0.254 e. The van der Waals surface area contributed by atoms with Crippen LogP contribution in [0.15, 0.2) is 120 Å². The van der Waals surface area contributed by atoms with E-state index in [0.29, 0.717) is 41.2 Å². The molecule has 0 spiro atoms. The standard InChI is InChI=1S/C53H62N4O9/c1-3-28-64-53-49(57(24-29-62-30-27-60)52(61)40-20-18-38(34-54)19-21-40)33-47(56-65-35-39-13-5-4-6-14-39)45-31-41(15-7-9-25-58)44(17-8-10-26-59)50(51(45)53)46-32-43(22-23-48(46)66-53)63-36-42-16-11-12-37(2)55-42/h3-6,11-14,16,18-23,31-32,41,44,49-51,58-60H,1,7-10,15,17,24-30,33,35-36H2,2H3/t41-,44+,49-,50+,51+,53+/m0/s1. The van der Waals surface area contributed by atoms with E-state index in [1.54, 1.807) is 35.2 Å². The normalized spacial score (nSPS) is 22.3. The van der Waals surface area contributed by atoms with Gasteiger partial charge in [0, 0.05) is 48.9 Å². The van der Waals surface area contributed by atoms with Crippen LogP contribution in [-0.4, -0.2) is 94.8 Å². The first-order valence-corrected chi connectivity index (χ1v) is 23.1. The lowest BCUT2D eigenvalue weighted by Crippen LogP contribution is -2.70. The number of benzene rings is 3. The predicted octanol–water partition coefficient (Wildman–Crippen LogP) is 7.83. The summed E-state index contributed by atoms with van der Waals surface area (Å²) in [5.41, 5.74) is 5.92. The number of aliphatic hydroxyl groups excluding tert-OH is 3. The Bertz CT molecular complexity index is 2330. The molecule has 7 rings (SSSR count). The average Bonchev–Trinajstić information content (AvgIpc) is 3.34. The van der Waals surface area contributed by atoms with Gasteiger partial charge in [0.05, 0.1) is 55.4 Å². The van der Waals surface area contributed by atoms with E-state index in [9.17, 15) is 20.6 Å². The summed E-state index contributed by atoms with van der Waals surface area (Å²) in [5, 5.41) is 44.2. The number of nitrogens with zero attached hydrogens (tertiary/aromatic N) is 4. The number of allylic oxidation sites excluding steroid dienone is 1. The van der Waals surface area contributed by atoms with Gasteiger partial charge in [0.1, 0.15) is 30.8 Å². The fourth-order valence-electron chi connectivity index (χ4n) is 9.92. The van der Waals surface area contributed by atoms with Crippen LogP contribution in [-0.2, 0) is 27.5 Å². The van der Waals surface area contributed by atoms with E-state index in [1.165, 1.54) is 0 Å². The first kappa shape index (κ1) is 48.1. The second-order valence-corrected chi connectivity index (χ2v) is 17.1. The highest BCUT2D eigenvalue weighted by Crippen LogP contribution is 2.62. The van der Waals surface area contributed by atoms with Crippen LogP contribution in [0.4, 0.5) is 0 Å². The minimum Gasteiger partial charge on any atom is -0.487 e. The molecule has 0 saturated heterocycles. The van der Waals surface area contributed by atoms with Crippen LogP contribution in [0.3, 0.4) is 0 Å². The average molecular weight is 899 g/mol. The van der Waals surface area contributed by atoms with Crippen molar-refractivity contribution in [2.45, 2.75) is 82.8 Å². The maximum Gasteiger partial charge on any atom is 0.254 e. The summed E-state index contributed by atoms with van der Waals surface area (Å²) in [6, 6.07) is 29.4. The number of ether oxygens (including phenoxy) is 4. The van der Waals surface area contributed by atoms with Gasteiger partial charge in [-0.05, 0) is 110 Å². The van der Waals surface area contributed by atoms with Crippen LogP contribution >= 0.6 is 0 Å². The fraction of sp³-hybridized carbons (Fsp3) is 0.434. The Balaban J connectivity index is 1.43. The summed E-state index contributed by atoms with van der Waals surface area (Å²) in [4.78, 5) is 27.8. The first-order valence-electron chi connectivity index (χ1n) is 23.1. The van der Waals surface area contributed by atoms with E-state index in [0.717, 1.165) is 53.8 Å². The van der Waals surface area contributed by atoms with Crippen LogP contribution in [0, 0.1) is 36.0 Å². The first-order chi connectivity index (χ1) is 32.3. The number of amides is 1. The number of pyridine rings is 1. The molecule has 1 fully saturated rings. The van der Waals surface area contributed by atoms with Crippen molar-refractivity contribution in [3.8, 4) is 17.6 Å². The Morgan fingerprint density at radius 3 is 2.47 bits per heavy atom. The molecule has 0 radical (unpaired) electrons. The lowest BCUT2D eigenvalue weighted by atomic mass is 9.55. The van der Waals surface area contributed by atoms with Crippen molar-refractivity contribution in [2.24, 2.45) is 22.9 Å². The lowest BCUT2D eigenvalue weighted by molar-refractivity contribution is -0.254. The molecule has 3 aromatic carbocycles. The number of fused-ring (bicyclic) bond motifs is 2. The van der Waals surface area contributed by atoms with E-state index < -0.39 is 17.7 Å². The summed E-state index contributed by atoms with van der Waals surface area (Å²) < 4.78 is 26.8. The van der Waals surface area contributed by atoms with Crippen molar-refractivity contribution in [3.63, 3.8) is 0 Å². The molecule has 13 nitrogen and oxygen atoms in total. The van der Waals surface area contributed by atoms with E-state index in [4.69, 9.17) is 28.9 Å². The molecule has 66 heavy (non-hydrogen) atoms. The maximum atomic E-state index is 15.1. The Morgan fingerprint density at radius 1 is 0.955 bits per heavy atom. The number of carbonyl (C=O) groups is 1. The molecule has 348 valence electrons. The molecule has 1 amide bonds. The largest absolute Gasteiger partial charge is 0.487 e. The van der Waals surface area contributed by atoms with Gasteiger partial charge in [-0.1, -0.05) is 66.5 Å². The molecule has 13 heteroatoms. The van der Waals surface area contributed by atoms with E-state index in [2.05, 4.69) is 29.8 Å². The number of carbonyl (C=O) groups excluding carboxylic acids is 1. The third-order valence-electron chi connectivity index (χ3n) is 12.8. The Labute approximate surface area is 387 Å². The topological polar surface area (TPSA) is 176 Å². The zero-order chi connectivity index (χ0) is 46.3. The summed E-state index contributed by atoms with van der Waals surface area (Å²) in [5.74, 6) is -1.36. The number of unbranched alkanes of at least 4 members (excludes halogenated alkanes) is 2. The van der Waals surface area contributed by atoms with Crippen LogP contribution in [0.5, 0.6) is 11.5 Å². The molecule has 3 aliphatic rings. The SMILES string of the molecule is C=CCO[C@@]12Oc3ccc(OCc4cccc(C)n4)cc3[C@H]3[C@H](CCCCO)[C@@H](CCCCO)C=C(C(=NOCc4ccccc4)C[C@@H]1N(CCOCCO)C(=O)c1ccc(C#N)cc1)[C@H]32. The summed E-state index contributed by atoms with van der Waals surface area (Å²) in [6.07, 6.45) is 8.60. The van der Waals surface area contributed by atoms with Gasteiger partial charge in [-0.3, -0.25) is 9.78 Å². The highest BCUT2D eigenvalue weighted by molar-refractivity contribution is 6.03. The number of hydrogen-bond donors (Lipinski definition) is 3. The van der Waals surface area contributed by atoms with Gasteiger partial charge in [-0.2, -0.15) is 5.26 Å². The molecule has 3 N–H and O–H groups in total. The molecule has 1 aromatic heterocycles. The highest BCUT2D eigenvalue weighted by Gasteiger charge is 2.65. The summed E-state index contributed by atoms with van der Waals surface area (Å²) in [6.45, 7) is 6.84. The van der Waals surface area contributed by atoms with Crippen LogP contribution in [0.2, 0.25) is 0 Å². The predicted molar refractivity (Wildman–Crippen MR) is 250 cm³/mol. The van der Waals surface area contributed by atoms with E-state index >= 15 is 4.79 Å². The van der Waals surface area contributed by atoms with Crippen molar-refractivity contribution in [3.05, 3.63) is 149 Å². The molecule has 2 heterocycles. The second kappa shape index (κ2) is 23.5. The molecular formula is C53H62N4O9. The molecule has 1 aliphatic heterocycles. The quantitative estimate of drug-likeness (QED) is 0.0355. The van der Waals surface area contributed by atoms with Crippen molar-refractivity contribution in [2.75, 3.05) is 46.2 Å².